The third-order valence-electron chi connectivity index (χ3n) is 3.20. The minimum absolute atomic E-state index is 0.139. The van der Waals surface area contributed by atoms with Gasteiger partial charge in [-0.2, -0.15) is 4.31 Å². The number of hydrogen-bond donors (Lipinski definition) is 1. The second kappa shape index (κ2) is 7.38. The first kappa shape index (κ1) is 17.4. The molecular weight excluding hydrogens is 288 g/mol. The van der Waals surface area contributed by atoms with Crippen LogP contribution in [0.2, 0.25) is 0 Å². The topological polar surface area (TPSA) is 66.5 Å². The smallest absolute Gasteiger partial charge is 0.251 e. The Kier molecular flexibility index (Phi) is 6.11. The number of sulfonamides is 1. The number of nitrogens with zero attached hydrogens (tertiary/aromatic N) is 1. The molecule has 0 atom stereocenters. The van der Waals surface area contributed by atoms with Gasteiger partial charge in [0.05, 0.1) is 4.90 Å². The monoisotopic (exact) mass is 310 g/mol. The molecule has 1 aromatic carbocycles. The first-order valence-electron chi connectivity index (χ1n) is 6.88. The van der Waals surface area contributed by atoms with Crippen LogP contribution in [0.25, 0.3) is 0 Å². The summed E-state index contributed by atoms with van der Waals surface area (Å²) in [6.07, 6.45) is 1.57. The highest BCUT2D eigenvalue weighted by Gasteiger charge is 2.23. The maximum absolute atomic E-state index is 12.5. The van der Waals surface area contributed by atoms with Gasteiger partial charge in [0.25, 0.3) is 5.91 Å². The van der Waals surface area contributed by atoms with Crippen LogP contribution < -0.4 is 5.32 Å². The Bertz CT molecular complexity index is 620. The molecule has 0 saturated carbocycles. The van der Waals surface area contributed by atoms with Gasteiger partial charge in [-0.1, -0.05) is 26.0 Å². The average molecular weight is 310 g/mol. The predicted octanol–water partition coefficient (Wildman–Crippen LogP) is 1.94. The molecule has 1 N–H and O–H groups in total. The normalized spacial score (nSPS) is 11.4. The molecule has 21 heavy (non-hydrogen) atoms. The molecule has 0 unspecified atom stereocenters. The average Bonchev–Trinajstić information content (AvgIpc) is 2.46. The highest BCUT2D eigenvalue weighted by Crippen LogP contribution is 2.19. The van der Waals surface area contributed by atoms with Crippen LogP contribution in [-0.4, -0.2) is 38.3 Å². The van der Waals surface area contributed by atoms with Crippen molar-refractivity contribution in [3.8, 4) is 0 Å². The molecule has 0 fully saturated rings. The first-order valence-corrected chi connectivity index (χ1v) is 8.32. The molecular formula is C15H22N2O3S. The number of carbonyl (C=O) groups is 1. The molecule has 0 aliphatic rings. The van der Waals surface area contributed by atoms with E-state index in [0.717, 1.165) is 5.56 Å². The summed E-state index contributed by atoms with van der Waals surface area (Å²) < 4.78 is 26.3. The lowest BCUT2D eigenvalue weighted by Gasteiger charge is -2.19. The van der Waals surface area contributed by atoms with Crippen LogP contribution in [0.5, 0.6) is 0 Å². The zero-order valence-corrected chi connectivity index (χ0v) is 13.5. The molecule has 116 valence electrons. The fourth-order valence-corrected chi connectivity index (χ4v) is 3.46. The van der Waals surface area contributed by atoms with Gasteiger partial charge in [-0.3, -0.25) is 4.79 Å². The zero-order chi connectivity index (χ0) is 16.0. The molecule has 5 nitrogen and oxygen atoms in total. The predicted molar refractivity (Wildman–Crippen MR) is 83.8 cm³/mol. The summed E-state index contributed by atoms with van der Waals surface area (Å²) in [6.45, 7) is 10.0. The van der Waals surface area contributed by atoms with E-state index in [1.165, 1.54) is 16.4 Å². The molecule has 6 heteroatoms. The minimum Gasteiger partial charge on any atom is -0.349 e. The summed E-state index contributed by atoms with van der Waals surface area (Å²) in [5.41, 5.74) is 1.10. The summed E-state index contributed by atoms with van der Waals surface area (Å²) in [6, 6.07) is 4.62. The molecule has 0 heterocycles. The van der Waals surface area contributed by atoms with Gasteiger partial charge in [0.1, 0.15) is 0 Å². The SMILES string of the molecule is C=CCNC(=O)c1cc(S(=O)(=O)N(CC)CC)ccc1C. The van der Waals surface area contributed by atoms with E-state index in [2.05, 4.69) is 11.9 Å². The van der Waals surface area contributed by atoms with Crippen molar-refractivity contribution in [1.29, 1.82) is 0 Å². The van der Waals surface area contributed by atoms with Gasteiger partial charge in [0, 0.05) is 25.2 Å². The van der Waals surface area contributed by atoms with Crippen LogP contribution in [-0.2, 0) is 10.0 Å². The van der Waals surface area contributed by atoms with Gasteiger partial charge in [-0.05, 0) is 24.6 Å². The fraction of sp³-hybridized carbons (Fsp3) is 0.400. The highest BCUT2D eigenvalue weighted by molar-refractivity contribution is 7.89. The summed E-state index contributed by atoms with van der Waals surface area (Å²) in [5.74, 6) is -0.302. The highest BCUT2D eigenvalue weighted by atomic mass is 32.2. The van der Waals surface area contributed by atoms with Crippen molar-refractivity contribution in [2.24, 2.45) is 0 Å². The van der Waals surface area contributed by atoms with Gasteiger partial charge in [-0.15, -0.1) is 6.58 Å². The largest absolute Gasteiger partial charge is 0.349 e. The molecule has 1 amide bonds. The first-order chi connectivity index (χ1) is 9.88. The van der Waals surface area contributed by atoms with Crippen LogP contribution >= 0.6 is 0 Å². The molecule has 0 aromatic heterocycles. The van der Waals surface area contributed by atoms with Crippen molar-refractivity contribution in [3.63, 3.8) is 0 Å². The molecule has 1 rings (SSSR count). The number of hydrogen-bond acceptors (Lipinski definition) is 3. The Morgan fingerprint density at radius 3 is 2.48 bits per heavy atom. The zero-order valence-electron chi connectivity index (χ0n) is 12.7. The van der Waals surface area contributed by atoms with E-state index in [-0.39, 0.29) is 10.8 Å². The van der Waals surface area contributed by atoms with Crippen molar-refractivity contribution < 1.29 is 13.2 Å². The summed E-state index contributed by atoms with van der Waals surface area (Å²) in [7, 11) is -3.56. The molecule has 0 aliphatic carbocycles. The van der Waals surface area contributed by atoms with Crippen LogP contribution in [0.3, 0.4) is 0 Å². The van der Waals surface area contributed by atoms with Crippen molar-refractivity contribution in [2.45, 2.75) is 25.7 Å². The molecule has 1 aromatic rings. The minimum atomic E-state index is -3.56. The van der Waals surface area contributed by atoms with Crippen molar-refractivity contribution in [2.75, 3.05) is 19.6 Å². The molecule has 0 bridgehead atoms. The Hall–Kier alpha value is -1.66. The van der Waals surface area contributed by atoms with Gasteiger partial charge in [0.15, 0.2) is 0 Å². The summed E-state index contributed by atoms with van der Waals surface area (Å²) >= 11 is 0. The molecule has 0 saturated heterocycles. The van der Waals surface area contributed by atoms with E-state index >= 15 is 0 Å². The van der Waals surface area contributed by atoms with E-state index < -0.39 is 10.0 Å². The summed E-state index contributed by atoms with van der Waals surface area (Å²) in [4.78, 5) is 12.2. The maximum Gasteiger partial charge on any atom is 0.251 e. The lowest BCUT2D eigenvalue weighted by atomic mass is 10.1. The number of amides is 1. The van der Waals surface area contributed by atoms with Crippen LogP contribution in [0.4, 0.5) is 0 Å². The van der Waals surface area contributed by atoms with E-state index in [1.54, 1.807) is 32.9 Å². The molecule has 0 aliphatic heterocycles. The number of rotatable bonds is 7. The van der Waals surface area contributed by atoms with E-state index in [0.29, 0.717) is 25.2 Å². The quantitative estimate of drug-likeness (QED) is 0.783. The van der Waals surface area contributed by atoms with E-state index in [1.807, 2.05) is 0 Å². The lowest BCUT2D eigenvalue weighted by Crippen LogP contribution is -2.31. The van der Waals surface area contributed by atoms with Crippen molar-refractivity contribution in [1.82, 2.24) is 9.62 Å². The third-order valence-corrected chi connectivity index (χ3v) is 5.25. The van der Waals surface area contributed by atoms with Crippen molar-refractivity contribution in [3.05, 3.63) is 42.0 Å². The Morgan fingerprint density at radius 2 is 1.95 bits per heavy atom. The molecule has 0 spiro atoms. The van der Waals surface area contributed by atoms with Gasteiger partial charge >= 0.3 is 0 Å². The second-order valence-corrected chi connectivity index (χ2v) is 6.50. The van der Waals surface area contributed by atoms with Gasteiger partial charge < -0.3 is 5.32 Å². The fourth-order valence-electron chi connectivity index (χ4n) is 1.98. The number of aryl methyl sites for hydroxylation is 1. The van der Waals surface area contributed by atoms with Crippen LogP contribution in [0.1, 0.15) is 29.8 Å². The second-order valence-electron chi connectivity index (χ2n) is 4.56. The lowest BCUT2D eigenvalue weighted by molar-refractivity contribution is 0.0957. The number of nitrogens with one attached hydrogen (secondary N) is 1. The van der Waals surface area contributed by atoms with Crippen molar-refractivity contribution >= 4 is 15.9 Å². The summed E-state index contributed by atoms with van der Waals surface area (Å²) in [5, 5.41) is 2.66. The van der Waals surface area contributed by atoms with E-state index in [9.17, 15) is 13.2 Å². The van der Waals surface area contributed by atoms with Crippen LogP contribution in [0, 0.1) is 6.92 Å². The maximum atomic E-state index is 12.5. The number of benzene rings is 1. The third kappa shape index (κ3) is 3.92. The Labute approximate surface area is 126 Å². The Balaban J connectivity index is 3.23. The Morgan fingerprint density at radius 1 is 1.33 bits per heavy atom. The van der Waals surface area contributed by atoms with Crippen LogP contribution in [0.15, 0.2) is 35.7 Å². The van der Waals surface area contributed by atoms with Gasteiger partial charge in [0.2, 0.25) is 10.0 Å². The number of carbonyl (C=O) groups excluding carboxylic acids is 1. The van der Waals surface area contributed by atoms with Gasteiger partial charge in [-0.25, -0.2) is 8.42 Å². The van der Waals surface area contributed by atoms with E-state index in [4.69, 9.17) is 0 Å². The standard InChI is InChI=1S/C15H22N2O3S/c1-5-10-16-15(18)14-11-13(9-8-12(14)4)21(19,20)17(6-2)7-3/h5,8-9,11H,1,6-7,10H2,2-4H3,(H,16,18). The molecule has 0 radical (unpaired) electrons.